The molecule has 0 aliphatic heterocycles. The molecule has 2 aromatic rings. The van der Waals surface area contributed by atoms with Crippen molar-refractivity contribution in [1.82, 2.24) is 0 Å². The van der Waals surface area contributed by atoms with E-state index in [0.717, 1.165) is 12.8 Å². The molecule has 6 heteroatoms. The third-order valence-corrected chi connectivity index (χ3v) is 4.62. The highest BCUT2D eigenvalue weighted by Gasteiger charge is 2.14. The summed E-state index contributed by atoms with van der Waals surface area (Å²) in [4.78, 5) is 0.183. The second kappa shape index (κ2) is 7.87. The fourth-order valence-electron chi connectivity index (χ4n) is 1.95. The van der Waals surface area contributed by atoms with Crippen LogP contribution in [0.5, 0.6) is 11.5 Å². The number of rotatable bonds is 8. The van der Waals surface area contributed by atoms with Gasteiger partial charge in [-0.2, -0.15) is 0 Å². The predicted octanol–water partition coefficient (Wildman–Crippen LogP) is 3.67. The molecule has 0 saturated heterocycles. The smallest absolute Gasteiger partial charge is 0.261 e. The zero-order valence-corrected chi connectivity index (χ0v) is 14.1. The third-order valence-electron chi connectivity index (χ3n) is 3.22. The molecule has 0 saturated carbocycles. The molecule has 0 fully saturated rings. The summed E-state index contributed by atoms with van der Waals surface area (Å²) in [5.41, 5.74) is 0.452. The van der Waals surface area contributed by atoms with Crippen molar-refractivity contribution in [2.45, 2.75) is 24.7 Å². The van der Waals surface area contributed by atoms with Crippen molar-refractivity contribution in [2.75, 3.05) is 18.4 Å². The van der Waals surface area contributed by atoms with E-state index in [4.69, 9.17) is 9.47 Å². The molecular formula is C17H21NO4S. The number of methoxy groups -OCH3 is 1. The number of hydrogen-bond donors (Lipinski definition) is 1. The maximum absolute atomic E-state index is 12.4. The third kappa shape index (κ3) is 4.89. The lowest BCUT2D eigenvalue weighted by molar-refractivity contribution is 0.309. The van der Waals surface area contributed by atoms with Gasteiger partial charge in [0.25, 0.3) is 10.0 Å². The summed E-state index contributed by atoms with van der Waals surface area (Å²) in [5.74, 6) is 1.25. The molecule has 0 amide bonds. The molecule has 0 bridgehead atoms. The standard InChI is InChI=1S/C17H21NO4S/c1-3-4-12-22-15-8-10-17(11-9-15)23(19,20)18-14-6-5-7-16(13-14)21-2/h5-11,13,18H,3-4,12H2,1-2H3. The molecule has 0 heterocycles. The van der Waals surface area contributed by atoms with Crippen LogP contribution in [0.25, 0.3) is 0 Å². The first-order chi connectivity index (χ1) is 11.0. The van der Waals surface area contributed by atoms with Crippen LogP contribution in [-0.4, -0.2) is 22.1 Å². The molecule has 2 aromatic carbocycles. The Balaban J connectivity index is 2.09. The number of anilines is 1. The van der Waals surface area contributed by atoms with Crippen LogP contribution in [0.1, 0.15) is 19.8 Å². The van der Waals surface area contributed by atoms with Crippen LogP contribution in [0.3, 0.4) is 0 Å². The molecule has 124 valence electrons. The van der Waals surface area contributed by atoms with Gasteiger partial charge in [0.15, 0.2) is 0 Å². The highest BCUT2D eigenvalue weighted by atomic mass is 32.2. The van der Waals surface area contributed by atoms with Crippen LogP contribution in [0, 0.1) is 0 Å². The summed E-state index contributed by atoms with van der Waals surface area (Å²) in [6.07, 6.45) is 2.02. The van der Waals surface area contributed by atoms with E-state index in [9.17, 15) is 8.42 Å². The van der Waals surface area contributed by atoms with Gasteiger partial charge in [-0.05, 0) is 42.8 Å². The van der Waals surface area contributed by atoms with Crippen molar-refractivity contribution in [1.29, 1.82) is 0 Å². The lowest BCUT2D eigenvalue weighted by atomic mass is 10.3. The Morgan fingerprint density at radius 2 is 1.78 bits per heavy atom. The number of unbranched alkanes of at least 4 members (excludes halogenated alkanes) is 1. The lowest BCUT2D eigenvalue weighted by Gasteiger charge is -2.10. The van der Waals surface area contributed by atoms with E-state index in [-0.39, 0.29) is 4.90 Å². The zero-order valence-electron chi connectivity index (χ0n) is 13.3. The van der Waals surface area contributed by atoms with Crippen LogP contribution < -0.4 is 14.2 Å². The van der Waals surface area contributed by atoms with Crippen LogP contribution in [0.2, 0.25) is 0 Å². The Bertz CT molecular complexity index is 727. The number of benzene rings is 2. The summed E-state index contributed by atoms with van der Waals surface area (Å²) < 4.78 is 37.9. The first-order valence-corrected chi connectivity index (χ1v) is 8.93. The summed E-state index contributed by atoms with van der Waals surface area (Å²) in [6, 6.07) is 13.2. The van der Waals surface area contributed by atoms with Crippen molar-refractivity contribution in [3.63, 3.8) is 0 Å². The Labute approximate surface area is 137 Å². The summed E-state index contributed by atoms with van der Waals surface area (Å²) >= 11 is 0. The fraction of sp³-hybridized carbons (Fsp3) is 0.294. The van der Waals surface area contributed by atoms with E-state index >= 15 is 0 Å². The Morgan fingerprint density at radius 3 is 2.43 bits per heavy atom. The van der Waals surface area contributed by atoms with E-state index in [1.807, 2.05) is 0 Å². The lowest BCUT2D eigenvalue weighted by Crippen LogP contribution is -2.12. The molecule has 2 rings (SSSR count). The molecular weight excluding hydrogens is 314 g/mol. The largest absolute Gasteiger partial charge is 0.497 e. The molecule has 1 N–H and O–H groups in total. The van der Waals surface area contributed by atoms with Gasteiger partial charge in [-0.25, -0.2) is 8.42 Å². The van der Waals surface area contributed by atoms with E-state index in [1.54, 1.807) is 36.4 Å². The minimum Gasteiger partial charge on any atom is -0.497 e. The minimum absolute atomic E-state index is 0.183. The van der Waals surface area contributed by atoms with Crippen LogP contribution >= 0.6 is 0 Å². The van der Waals surface area contributed by atoms with Gasteiger partial charge in [0.1, 0.15) is 11.5 Å². The van der Waals surface area contributed by atoms with Crippen LogP contribution in [0.15, 0.2) is 53.4 Å². The van der Waals surface area contributed by atoms with Gasteiger partial charge in [0, 0.05) is 6.07 Å². The zero-order chi connectivity index (χ0) is 16.7. The molecule has 5 nitrogen and oxygen atoms in total. The molecule has 23 heavy (non-hydrogen) atoms. The maximum atomic E-state index is 12.4. The topological polar surface area (TPSA) is 64.6 Å². The summed E-state index contributed by atoms with van der Waals surface area (Å²) in [5, 5.41) is 0. The van der Waals surface area contributed by atoms with Crippen molar-refractivity contribution in [3.05, 3.63) is 48.5 Å². The Kier molecular flexibility index (Phi) is 5.87. The van der Waals surface area contributed by atoms with Crippen LogP contribution in [-0.2, 0) is 10.0 Å². The van der Waals surface area contributed by atoms with Crippen molar-refractivity contribution >= 4 is 15.7 Å². The van der Waals surface area contributed by atoms with E-state index in [2.05, 4.69) is 11.6 Å². The van der Waals surface area contributed by atoms with E-state index in [0.29, 0.717) is 23.8 Å². The molecule has 0 radical (unpaired) electrons. The summed E-state index contributed by atoms with van der Waals surface area (Å²) in [7, 11) is -2.11. The molecule has 0 aliphatic carbocycles. The maximum Gasteiger partial charge on any atom is 0.261 e. The Hall–Kier alpha value is -2.21. The summed E-state index contributed by atoms with van der Waals surface area (Å²) in [6.45, 7) is 2.72. The number of ether oxygens (including phenoxy) is 2. The SMILES string of the molecule is CCCCOc1ccc(S(=O)(=O)Nc2cccc(OC)c2)cc1. The second-order valence-electron chi connectivity index (χ2n) is 5.01. The monoisotopic (exact) mass is 335 g/mol. The van der Waals surface area contributed by atoms with Gasteiger partial charge < -0.3 is 9.47 Å². The minimum atomic E-state index is -3.64. The van der Waals surface area contributed by atoms with Crippen molar-refractivity contribution in [3.8, 4) is 11.5 Å². The van der Waals surface area contributed by atoms with Gasteiger partial charge in [-0.1, -0.05) is 19.4 Å². The first kappa shape index (κ1) is 17.1. The molecule has 0 atom stereocenters. The number of hydrogen-bond acceptors (Lipinski definition) is 4. The highest BCUT2D eigenvalue weighted by molar-refractivity contribution is 7.92. The van der Waals surface area contributed by atoms with E-state index < -0.39 is 10.0 Å². The second-order valence-corrected chi connectivity index (χ2v) is 6.69. The Morgan fingerprint density at radius 1 is 1.04 bits per heavy atom. The van der Waals surface area contributed by atoms with Gasteiger partial charge in [0.05, 0.1) is 24.3 Å². The van der Waals surface area contributed by atoms with Gasteiger partial charge >= 0.3 is 0 Å². The molecule has 0 spiro atoms. The molecule has 0 aromatic heterocycles. The van der Waals surface area contributed by atoms with Crippen molar-refractivity contribution in [2.24, 2.45) is 0 Å². The average Bonchev–Trinajstić information content (AvgIpc) is 2.55. The van der Waals surface area contributed by atoms with Crippen molar-refractivity contribution < 1.29 is 17.9 Å². The normalized spacial score (nSPS) is 11.0. The van der Waals surface area contributed by atoms with Crippen LogP contribution in [0.4, 0.5) is 5.69 Å². The molecule has 0 unspecified atom stereocenters. The predicted molar refractivity (Wildman–Crippen MR) is 90.6 cm³/mol. The first-order valence-electron chi connectivity index (χ1n) is 7.45. The van der Waals surface area contributed by atoms with E-state index in [1.165, 1.54) is 19.2 Å². The van der Waals surface area contributed by atoms with Gasteiger partial charge in [-0.15, -0.1) is 0 Å². The average molecular weight is 335 g/mol. The van der Waals surface area contributed by atoms with Gasteiger partial charge in [-0.3, -0.25) is 4.72 Å². The number of sulfonamides is 1. The molecule has 0 aliphatic rings. The quantitative estimate of drug-likeness (QED) is 0.748. The fourth-order valence-corrected chi connectivity index (χ4v) is 3.00. The number of nitrogens with one attached hydrogen (secondary N) is 1. The van der Waals surface area contributed by atoms with Gasteiger partial charge in [0.2, 0.25) is 0 Å². The highest BCUT2D eigenvalue weighted by Crippen LogP contribution is 2.22.